The molecule has 0 saturated carbocycles. The van der Waals surface area contributed by atoms with E-state index in [0.717, 1.165) is 32.1 Å². The summed E-state index contributed by atoms with van der Waals surface area (Å²) in [5.74, 6) is 1.27. The number of hydrogen-bond donors (Lipinski definition) is 0. The van der Waals surface area contributed by atoms with E-state index in [4.69, 9.17) is 18.9 Å². The number of amides is 1. The van der Waals surface area contributed by atoms with Gasteiger partial charge < -0.3 is 23.8 Å². The van der Waals surface area contributed by atoms with Crippen LogP contribution >= 0.6 is 0 Å². The Morgan fingerprint density at radius 2 is 1.86 bits per heavy atom. The lowest BCUT2D eigenvalue weighted by atomic mass is 9.80. The summed E-state index contributed by atoms with van der Waals surface area (Å²) in [5.41, 5.74) is 1.55. The van der Waals surface area contributed by atoms with E-state index in [1.807, 2.05) is 30.0 Å². The minimum Gasteiger partial charge on any atom is -0.493 e. The summed E-state index contributed by atoms with van der Waals surface area (Å²) < 4.78 is 24.3. The highest BCUT2D eigenvalue weighted by molar-refractivity contribution is 5.95. The predicted octanol–water partition coefficient (Wildman–Crippen LogP) is 5.80. The van der Waals surface area contributed by atoms with E-state index in [1.165, 1.54) is 5.56 Å². The Labute approximate surface area is 209 Å². The van der Waals surface area contributed by atoms with Crippen LogP contribution in [0.1, 0.15) is 74.9 Å². The van der Waals surface area contributed by atoms with Crippen molar-refractivity contribution in [3.8, 4) is 11.5 Å². The molecule has 2 saturated heterocycles. The van der Waals surface area contributed by atoms with Gasteiger partial charge in [-0.3, -0.25) is 4.79 Å². The number of rotatable bonds is 8. The normalized spacial score (nSPS) is 22.6. The number of carbonyl (C=O) groups excluding carboxylic acids is 1. The van der Waals surface area contributed by atoms with Gasteiger partial charge in [0.1, 0.15) is 0 Å². The highest BCUT2D eigenvalue weighted by Gasteiger charge is 2.45. The fourth-order valence-corrected chi connectivity index (χ4v) is 5.19. The van der Waals surface area contributed by atoms with Gasteiger partial charge >= 0.3 is 0 Å². The van der Waals surface area contributed by atoms with Crippen molar-refractivity contribution < 1.29 is 23.7 Å². The largest absolute Gasteiger partial charge is 0.493 e. The summed E-state index contributed by atoms with van der Waals surface area (Å²) in [6, 6.07) is 15.9. The fourth-order valence-electron chi connectivity index (χ4n) is 5.19. The summed E-state index contributed by atoms with van der Waals surface area (Å²) in [4.78, 5) is 15.3. The molecule has 35 heavy (non-hydrogen) atoms. The Morgan fingerprint density at radius 3 is 2.51 bits per heavy atom. The average molecular weight is 482 g/mol. The van der Waals surface area contributed by atoms with Gasteiger partial charge in [0.05, 0.1) is 31.0 Å². The summed E-state index contributed by atoms with van der Waals surface area (Å²) in [6.45, 7) is 8.17. The van der Waals surface area contributed by atoms with Crippen molar-refractivity contribution in [2.45, 2.75) is 76.8 Å². The monoisotopic (exact) mass is 481 g/mol. The minimum absolute atomic E-state index is 0.0185. The van der Waals surface area contributed by atoms with Crippen molar-refractivity contribution in [3.05, 3.63) is 59.7 Å². The van der Waals surface area contributed by atoms with Gasteiger partial charge in [0.25, 0.3) is 5.91 Å². The lowest BCUT2D eigenvalue weighted by Crippen LogP contribution is -2.52. The van der Waals surface area contributed by atoms with E-state index in [1.54, 1.807) is 13.2 Å². The zero-order valence-electron chi connectivity index (χ0n) is 21.5. The summed E-state index contributed by atoms with van der Waals surface area (Å²) in [5, 5.41) is 0. The topological polar surface area (TPSA) is 57.2 Å². The molecule has 0 aliphatic carbocycles. The zero-order valence-corrected chi connectivity index (χ0v) is 21.5. The summed E-state index contributed by atoms with van der Waals surface area (Å²) in [6.07, 6.45) is 4.52. The van der Waals surface area contributed by atoms with E-state index in [0.29, 0.717) is 36.8 Å². The highest BCUT2D eigenvalue weighted by Crippen LogP contribution is 2.44. The second-order valence-corrected chi connectivity index (χ2v) is 9.71. The second-order valence-electron chi connectivity index (χ2n) is 9.71. The number of likely N-dealkylation sites (tertiary alicyclic amines) is 1. The van der Waals surface area contributed by atoms with E-state index in [2.05, 4.69) is 38.1 Å². The molecule has 0 N–H and O–H groups in total. The SMILES string of the molecule is CCO[C@H]1C[C@@H](c2ccccc2)OC2(CCN(C(=O)c3ccc(O[C@@H](C)CC)c(OC)c3)CC2)C1. The van der Waals surface area contributed by atoms with Crippen LogP contribution in [0.25, 0.3) is 0 Å². The maximum absolute atomic E-state index is 13.3. The molecule has 6 heteroatoms. The van der Waals surface area contributed by atoms with Crippen molar-refractivity contribution in [1.29, 1.82) is 0 Å². The molecular formula is C29H39NO5. The van der Waals surface area contributed by atoms with Crippen LogP contribution in [0.3, 0.4) is 0 Å². The Bertz CT molecular complexity index is 970. The molecular weight excluding hydrogens is 442 g/mol. The second kappa shape index (κ2) is 11.4. The Morgan fingerprint density at radius 1 is 1.11 bits per heavy atom. The fraction of sp³-hybridized carbons (Fsp3) is 0.552. The first-order valence-electron chi connectivity index (χ1n) is 12.9. The Kier molecular flexibility index (Phi) is 8.34. The lowest BCUT2D eigenvalue weighted by molar-refractivity contribution is -0.190. The lowest BCUT2D eigenvalue weighted by Gasteiger charge is -2.48. The van der Waals surface area contributed by atoms with Gasteiger partial charge in [0, 0.05) is 38.1 Å². The van der Waals surface area contributed by atoms with Crippen LogP contribution in [0, 0.1) is 0 Å². The van der Waals surface area contributed by atoms with Gasteiger partial charge in [-0.15, -0.1) is 0 Å². The molecule has 6 nitrogen and oxygen atoms in total. The highest BCUT2D eigenvalue weighted by atomic mass is 16.5. The van der Waals surface area contributed by atoms with Crippen LogP contribution in [0.2, 0.25) is 0 Å². The molecule has 0 bridgehead atoms. The Hall–Kier alpha value is -2.57. The van der Waals surface area contributed by atoms with Crippen LogP contribution in [-0.2, 0) is 9.47 Å². The smallest absolute Gasteiger partial charge is 0.253 e. The van der Waals surface area contributed by atoms with E-state index in [9.17, 15) is 4.79 Å². The standard InChI is InChI=1S/C29H39NO5/c1-5-21(3)34-25-13-12-23(18-27(25)32-4)28(31)30-16-14-29(15-17-30)20-24(33-6-2)19-26(35-29)22-10-8-7-9-11-22/h7-13,18,21,24,26H,5-6,14-17,19-20H2,1-4H3/t21-,24-,26-/m0/s1. The van der Waals surface area contributed by atoms with Crippen molar-refractivity contribution in [2.75, 3.05) is 26.8 Å². The third kappa shape index (κ3) is 5.99. The average Bonchev–Trinajstić information content (AvgIpc) is 2.89. The van der Waals surface area contributed by atoms with Crippen LogP contribution in [0.4, 0.5) is 0 Å². The summed E-state index contributed by atoms with van der Waals surface area (Å²) >= 11 is 0. The van der Waals surface area contributed by atoms with E-state index in [-0.39, 0.29) is 29.8 Å². The van der Waals surface area contributed by atoms with Gasteiger partial charge in [-0.2, -0.15) is 0 Å². The molecule has 2 heterocycles. The van der Waals surface area contributed by atoms with Crippen molar-refractivity contribution in [3.63, 3.8) is 0 Å². The van der Waals surface area contributed by atoms with Gasteiger partial charge in [-0.1, -0.05) is 37.3 Å². The molecule has 4 rings (SSSR count). The minimum atomic E-state index is -0.263. The molecule has 3 atom stereocenters. The number of methoxy groups -OCH3 is 1. The van der Waals surface area contributed by atoms with Crippen molar-refractivity contribution >= 4 is 5.91 Å². The summed E-state index contributed by atoms with van der Waals surface area (Å²) in [7, 11) is 1.61. The van der Waals surface area contributed by atoms with Crippen LogP contribution in [-0.4, -0.2) is 55.4 Å². The van der Waals surface area contributed by atoms with Crippen molar-refractivity contribution in [2.24, 2.45) is 0 Å². The third-order valence-electron chi connectivity index (χ3n) is 7.32. The van der Waals surface area contributed by atoms with Gasteiger partial charge in [0.15, 0.2) is 11.5 Å². The first kappa shape index (κ1) is 25.5. The molecule has 1 amide bonds. The molecule has 2 aromatic rings. The predicted molar refractivity (Wildman–Crippen MR) is 136 cm³/mol. The zero-order chi connectivity index (χ0) is 24.8. The Balaban J connectivity index is 1.44. The number of hydrogen-bond acceptors (Lipinski definition) is 5. The van der Waals surface area contributed by atoms with E-state index >= 15 is 0 Å². The molecule has 0 radical (unpaired) electrons. The van der Waals surface area contributed by atoms with Crippen LogP contribution in [0.5, 0.6) is 11.5 Å². The van der Waals surface area contributed by atoms with Gasteiger partial charge in [0.2, 0.25) is 0 Å². The quantitative estimate of drug-likeness (QED) is 0.477. The molecule has 1 spiro atoms. The molecule has 2 aliphatic heterocycles. The van der Waals surface area contributed by atoms with Gasteiger partial charge in [-0.25, -0.2) is 0 Å². The van der Waals surface area contributed by atoms with E-state index < -0.39 is 0 Å². The number of carbonyl (C=O) groups is 1. The number of ether oxygens (including phenoxy) is 4. The molecule has 2 fully saturated rings. The molecule has 0 aromatic heterocycles. The van der Waals surface area contributed by atoms with Crippen molar-refractivity contribution in [1.82, 2.24) is 4.90 Å². The maximum atomic E-state index is 13.3. The molecule has 0 unspecified atom stereocenters. The van der Waals surface area contributed by atoms with Gasteiger partial charge in [-0.05, 0) is 56.9 Å². The third-order valence-corrected chi connectivity index (χ3v) is 7.32. The maximum Gasteiger partial charge on any atom is 0.253 e. The number of piperidine rings is 1. The van der Waals surface area contributed by atoms with Crippen LogP contribution in [0.15, 0.2) is 48.5 Å². The number of nitrogens with zero attached hydrogens (tertiary/aromatic N) is 1. The first-order valence-corrected chi connectivity index (χ1v) is 12.9. The molecule has 2 aliphatic rings. The molecule has 190 valence electrons. The molecule has 2 aromatic carbocycles. The first-order chi connectivity index (χ1) is 17.0. The number of benzene rings is 2. The van der Waals surface area contributed by atoms with Crippen LogP contribution < -0.4 is 9.47 Å².